The van der Waals surface area contributed by atoms with Crippen LogP contribution in [0.3, 0.4) is 0 Å². The quantitative estimate of drug-likeness (QED) is 0.899. The summed E-state index contributed by atoms with van der Waals surface area (Å²) < 4.78 is 24.2. The smallest absolute Gasteiger partial charge is 0.336 e. The van der Waals surface area contributed by atoms with Gasteiger partial charge in [-0.15, -0.1) is 0 Å². The Morgan fingerprint density at radius 1 is 1.44 bits per heavy atom. The molecule has 4 nitrogen and oxygen atoms in total. The first-order valence-electron chi connectivity index (χ1n) is 5.20. The Bertz CT molecular complexity index is 590. The van der Waals surface area contributed by atoms with Crippen LogP contribution >= 0.6 is 15.9 Å². The van der Waals surface area contributed by atoms with Crippen LogP contribution in [0.25, 0.3) is 0 Å². The van der Waals surface area contributed by atoms with Gasteiger partial charge in [-0.05, 0) is 24.1 Å². The van der Waals surface area contributed by atoms with E-state index in [9.17, 15) is 13.2 Å². The van der Waals surface area contributed by atoms with Gasteiger partial charge in [0.15, 0.2) is 9.84 Å². The number of benzene rings is 1. The Hall–Kier alpha value is -1.14. The van der Waals surface area contributed by atoms with Crippen molar-refractivity contribution in [3.63, 3.8) is 0 Å². The second-order valence-electron chi connectivity index (χ2n) is 3.75. The zero-order valence-corrected chi connectivity index (χ0v) is 12.2. The van der Waals surface area contributed by atoms with Gasteiger partial charge in [-0.3, -0.25) is 0 Å². The van der Waals surface area contributed by atoms with Crippen molar-refractivity contribution in [1.82, 2.24) is 0 Å². The highest BCUT2D eigenvalue weighted by molar-refractivity contribution is 9.11. The van der Waals surface area contributed by atoms with Gasteiger partial charge in [-0.2, -0.15) is 0 Å². The Kier molecular flexibility index (Phi) is 4.70. The molecule has 1 aromatic rings. The molecule has 1 aromatic carbocycles. The van der Waals surface area contributed by atoms with Crippen molar-refractivity contribution >= 4 is 31.7 Å². The van der Waals surface area contributed by atoms with Gasteiger partial charge in [0.05, 0.1) is 16.2 Å². The maximum absolute atomic E-state index is 11.9. The van der Waals surface area contributed by atoms with E-state index in [1.54, 1.807) is 0 Å². The fourth-order valence-electron chi connectivity index (χ4n) is 1.55. The van der Waals surface area contributed by atoms with Crippen LogP contribution < -0.4 is 0 Å². The third kappa shape index (κ3) is 3.43. The van der Waals surface area contributed by atoms with Crippen LogP contribution in [0.5, 0.6) is 0 Å². The van der Waals surface area contributed by atoms with Gasteiger partial charge >= 0.3 is 5.97 Å². The monoisotopic (exact) mass is 332 g/mol. The Labute approximate surface area is 114 Å². The Morgan fingerprint density at radius 3 is 2.50 bits per heavy atom. The molecule has 0 amide bonds. The lowest BCUT2D eigenvalue weighted by molar-refractivity contribution is 0.0695. The van der Waals surface area contributed by atoms with Gasteiger partial charge in [-0.1, -0.05) is 35.5 Å². The summed E-state index contributed by atoms with van der Waals surface area (Å²) in [6.45, 7) is 5.29. The highest BCUT2D eigenvalue weighted by Gasteiger charge is 2.18. The number of carboxylic acids is 1. The van der Waals surface area contributed by atoms with Crippen molar-refractivity contribution < 1.29 is 18.3 Å². The van der Waals surface area contributed by atoms with E-state index in [1.807, 2.05) is 6.92 Å². The highest BCUT2D eigenvalue weighted by atomic mass is 79.9. The number of carboxylic acid groups (broad SMARTS) is 1. The molecule has 0 radical (unpaired) electrons. The summed E-state index contributed by atoms with van der Waals surface area (Å²) in [4.78, 5) is 11.1. The van der Waals surface area contributed by atoms with E-state index in [0.29, 0.717) is 16.5 Å². The van der Waals surface area contributed by atoms with Crippen LogP contribution in [0.2, 0.25) is 0 Å². The molecular weight excluding hydrogens is 320 g/mol. The van der Waals surface area contributed by atoms with E-state index in [-0.39, 0.29) is 16.2 Å². The van der Waals surface area contributed by atoms with Gasteiger partial charge in [0.25, 0.3) is 0 Å². The minimum Gasteiger partial charge on any atom is -0.478 e. The molecule has 0 aliphatic carbocycles. The lowest BCUT2D eigenvalue weighted by Crippen LogP contribution is -2.09. The van der Waals surface area contributed by atoms with Crippen molar-refractivity contribution in [2.45, 2.75) is 18.2 Å². The number of halogens is 1. The lowest BCUT2D eigenvalue weighted by Gasteiger charge is -2.08. The summed E-state index contributed by atoms with van der Waals surface area (Å²) in [7, 11) is -3.55. The van der Waals surface area contributed by atoms with E-state index in [2.05, 4.69) is 22.5 Å². The van der Waals surface area contributed by atoms with Gasteiger partial charge in [0.1, 0.15) is 0 Å². The molecule has 0 saturated heterocycles. The minimum absolute atomic E-state index is 0.00213. The van der Waals surface area contributed by atoms with Crippen LogP contribution in [0.15, 0.2) is 34.2 Å². The molecule has 0 bridgehead atoms. The zero-order chi connectivity index (χ0) is 13.9. The van der Waals surface area contributed by atoms with Crippen molar-refractivity contribution in [2.24, 2.45) is 0 Å². The minimum atomic E-state index is -3.55. The summed E-state index contributed by atoms with van der Waals surface area (Å²) in [5.41, 5.74) is 0.637. The van der Waals surface area contributed by atoms with Gasteiger partial charge in [0.2, 0.25) is 0 Å². The van der Waals surface area contributed by atoms with E-state index in [4.69, 9.17) is 5.11 Å². The standard InChI is InChI=1S/C12H13BrO4S/c1-3-9-4-5-10(6-11(9)12(14)15)18(16,17)7-8(2)13/h4-6H,2-3,7H2,1H3,(H,14,15). The summed E-state index contributed by atoms with van der Waals surface area (Å²) >= 11 is 2.99. The van der Waals surface area contributed by atoms with Gasteiger partial charge < -0.3 is 5.11 Å². The molecule has 98 valence electrons. The number of hydrogen-bond donors (Lipinski definition) is 1. The third-order valence-corrected chi connectivity index (χ3v) is 4.75. The molecule has 0 fully saturated rings. The third-order valence-electron chi connectivity index (χ3n) is 2.40. The van der Waals surface area contributed by atoms with Crippen molar-refractivity contribution in [2.75, 3.05) is 5.75 Å². The molecule has 1 N–H and O–H groups in total. The maximum Gasteiger partial charge on any atom is 0.336 e. The molecule has 0 spiro atoms. The predicted octanol–water partition coefficient (Wildman–Crippen LogP) is 2.63. The summed E-state index contributed by atoms with van der Waals surface area (Å²) in [6.07, 6.45) is 0.535. The second-order valence-corrected chi connectivity index (χ2v) is 6.87. The van der Waals surface area contributed by atoms with Crippen molar-refractivity contribution in [3.05, 3.63) is 40.4 Å². The molecule has 1 rings (SSSR count). The van der Waals surface area contributed by atoms with Crippen molar-refractivity contribution in [3.8, 4) is 0 Å². The summed E-state index contributed by atoms with van der Waals surface area (Å²) in [5.74, 6) is -1.38. The average Bonchev–Trinajstić information content (AvgIpc) is 2.26. The number of aryl methyl sites for hydroxylation is 1. The molecule has 0 aliphatic rings. The van der Waals surface area contributed by atoms with Crippen LogP contribution in [-0.4, -0.2) is 25.2 Å². The van der Waals surface area contributed by atoms with Crippen LogP contribution in [0.1, 0.15) is 22.8 Å². The van der Waals surface area contributed by atoms with E-state index < -0.39 is 15.8 Å². The Balaban J connectivity index is 3.32. The average molecular weight is 333 g/mol. The van der Waals surface area contributed by atoms with Crippen LogP contribution in [0.4, 0.5) is 0 Å². The van der Waals surface area contributed by atoms with E-state index >= 15 is 0 Å². The molecule has 0 unspecified atom stereocenters. The first kappa shape index (κ1) is 14.9. The van der Waals surface area contributed by atoms with E-state index in [1.165, 1.54) is 18.2 Å². The van der Waals surface area contributed by atoms with Crippen LogP contribution in [0, 0.1) is 0 Å². The number of aromatic carboxylic acids is 1. The molecule has 18 heavy (non-hydrogen) atoms. The first-order valence-corrected chi connectivity index (χ1v) is 7.64. The molecule has 0 aromatic heterocycles. The molecule has 0 aliphatic heterocycles. The summed E-state index contributed by atoms with van der Waals surface area (Å²) in [6, 6.07) is 4.16. The van der Waals surface area contributed by atoms with Crippen LogP contribution in [-0.2, 0) is 16.3 Å². The maximum atomic E-state index is 11.9. The molecule has 0 heterocycles. The fourth-order valence-corrected chi connectivity index (χ4v) is 3.60. The number of rotatable bonds is 5. The fraction of sp³-hybridized carbons (Fsp3) is 0.250. The number of carbonyl (C=O) groups is 1. The number of hydrogen-bond acceptors (Lipinski definition) is 3. The first-order chi connectivity index (χ1) is 8.27. The molecular formula is C12H13BrO4S. The van der Waals surface area contributed by atoms with E-state index in [0.717, 1.165) is 0 Å². The largest absolute Gasteiger partial charge is 0.478 e. The van der Waals surface area contributed by atoms with Gasteiger partial charge in [-0.25, -0.2) is 13.2 Å². The Morgan fingerprint density at radius 2 is 2.06 bits per heavy atom. The predicted molar refractivity (Wildman–Crippen MR) is 72.9 cm³/mol. The summed E-state index contributed by atoms with van der Waals surface area (Å²) in [5, 5.41) is 9.05. The lowest BCUT2D eigenvalue weighted by atomic mass is 10.1. The topological polar surface area (TPSA) is 71.4 Å². The number of sulfone groups is 1. The molecule has 6 heteroatoms. The molecule has 0 atom stereocenters. The second kappa shape index (κ2) is 5.67. The van der Waals surface area contributed by atoms with Gasteiger partial charge in [0, 0.05) is 4.48 Å². The zero-order valence-electron chi connectivity index (χ0n) is 9.81. The molecule has 0 saturated carbocycles. The SMILES string of the molecule is C=C(Br)CS(=O)(=O)c1ccc(CC)c(C(=O)O)c1. The highest BCUT2D eigenvalue weighted by Crippen LogP contribution is 2.20. The normalized spacial score (nSPS) is 11.2. The van der Waals surface area contributed by atoms with Crippen molar-refractivity contribution in [1.29, 1.82) is 0 Å².